The zero-order chi connectivity index (χ0) is 27.0. The monoisotopic (exact) mass is 514 g/mol. The normalized spacial score (nSPS) is 11.8. The average Bonchev–Trinajstić information content (AvgIpc) is 2.96. The van der Waals surface area contributed by atoms with Crippen molar-refractivity contribution in [1.29, 1.82) is 0 Å². The molecule has 3 aromatic carbocycles. The Labute approximate surface area is 230 Å². The Bertz CT molecular complexity index is 1070. The maximum atomic E-state index is 11.6. The standard InChI is InChI=1S/C35H46O3/c1-4-6-7-8-9-10-11-12-13-16-27-37-32-25-23-31(24-26-32)34-18-15-14-17-33(34)30-21-19-29(20-22-30)28(3)38-35(36)5-2/h14-15,17-26,28H,4-13,16,27H2,1-3H3. The molecular formula is C35H46O3. The Morgan fingerprint density at radius 2 is 1.16 bits per heavy atom. The van der Waals surface area contributed by atoms with Crippen molar-refractivity contribution < 1.29 is 14.3 Å². The van der Waals surface area contributed by atoms with Crippen LogP contribution in [0.15, 0.2) is 72.8 Å². The Balaban J connectivity index is 1.49. The van der Waals surface area contributed by atoms with E-state index in [9.17, 15) is 4.79 Å². The van der Waals surface area contributed by atoms with E-state index in [2.05, 4.69) is 67.6 Å². The van der Waals surface area contributed by atoms with Crippen LogP contribution in [0, 0.1) is 0 Å². The quantitative estimate of drug-likeness (QED) is 0.133. The highest BCUT2D eigenvalue weighted by Crippen LogP contribution is 2.33. The number of carbonyl (C=O) groups is 1. The Morgan fingerprint density at radius 3 is 1.68 bits per heavy atom. The smallest absolute Gasteiger partial charge is 0.306 e. The van der Waals surface area contributed by atoms with Gasteiger partial charge in [0.05, 0.1) is 6.61 Å². The zero-order valence-corrected chi connectivity index (χ0v) is 23.7. The predicted molar refractivity (Wildman–Crippen MR) is 159 cm³/mol. The van der Waals surface area contributed by atoms with E-state index < -0.39 is 0 Å². The van der Waals surface area contributed by atoms with Crippen LogP contribution >= 0.6 is 0 Å². The molecule has 0 aliphatic carbocycles. The third kappa shape index (κ3) is 9.67. The number of rotatable bonds is 17. The van der Waals surface area contributed by atoms with Gasteiger partial charge in [-0.2, -0.15) is 0 Å². The summed E-state index contributed by atoms with van der Waals surface area (Å²) in [6.45, 7) is 6.78. The topological polar surface area (TPSA) is 35.5 Å². The molecule has 0 heterocycles. The third-order valence-electron chi connectivity index (χ3n) is 7.15. The lowest BCUT2D eigenvalue weighted by molar-refractivity contribution is -0.148. The first kappa shape index (κ1) is 29.5. The summed E-state index contributed by atoms with van der Waals surface area (Å²) in [6.07, 6.45) is 13.5. The lowest BCUT2D eigenvalue weighted by atomic mass is 9.94. The molecule has 38 heavy (non-hydrogen) atoms. The van der Waals surface area contributed by atoms with Gasteiger partial charge in [-0.1, -0.05) is 132 Å². The summed E-state index contributed by atoms with van der Waals surface area (Å²) in [5.74, 6) is 0.755. The fourth-order valence-corrected chi connectivity index (χ4v) is 4.78. The highest BCUT2D eigenvalue weighted by molar-refractivity contribution is 5.83. The van der Waals surface area contributed by atoms with E-state index in [4.69, 9.17) is 9.47 Å². The van der Waals surface area contributed by atoms with Crippen molar-refractivity contribution in [3.63, 3.8) is 0 Å². The molecule has 0 aliphatic heterocycles. The zero-order valence-electron chi connectivity index (χ0n) is 23.7. The lowest BCUT2D eigenvalue weighted by Crippen LogP contribution is -2.07. The largest absolute Gasteiger partial charge is 0.494 e. The first-order valence-electron chi connectivity index (χ1n) is 14.7. The maximum Gasteiger partial charge on any atom is 0.306 e. The van der Waals surface area contributed by atoms with Crippen LogP contribution in [-0.2, 0) is 9.53 Å². The number of hydrogen-bond acceptors (Lipinski definition) is 3. The van der Waals surface area contributed by atoms with E-state index in [1.165, 1.54) is 74.5 Å². The third-order valence-corrected chi connectivity index (χ3v) is 7.15. The Morgan fingerprint density at radius 1 is 0.658 bits per heavy atom. The second kappa shape index (κ2) is 16.7. The van der Waals surface area contributed by atoms with Crippen LogP contribution in [0.25, 0.3) is 22.3 Å². The van der Waals surface area contributed by atoms with Crippen molar-refractivity contribution >= 4 is 5.97 Å². The van der Waals surface area contributed by atoms with E-state index in [-0.39, 0.29) is 12.1 Å². The highest BCUT2D eigenvalue weighted by Gasteiger charge is 2.12. The van der Waals surface area contributed by atoms with Crippen molar-refractivity contribution in [2.75, 3.05) is 6.61 Å². The second-order valence-corrected chi connectivity index (χ2v) is 10.2. The van der Waals surface area contributed by atoms with Gasteiger partial charge in [0.15, 0.2) is 0 Å². The number of hydrogen-bond donors (Lipinski definition) is 0. The molecule has 3 nitrogen and oxygen atoms in total. The number of esters is 1. The van der Waals surface area contributed by atoms with Crippen LogP contribution in [0.3, 0.4) is 0 Å². The Kier molecular flexibility index (Phi) is 13.0. The van der Waals surface area contributed by atoms with Crippen LogP contribution in [0.5, 0.6) is 5.75 Å². The van der Waals surface area contributed by atoms with Crippen LogP contribution in [0.1, 0.15) is 103 Å². The predicted octanol–water partition coefficient (Wildman–Crippen LogP) is 10.3. The van der Waals surface area contributed by atoms with Crippen LogP contribution < -0.4 is 4.74 Å². The summed E-state index contributed by atoms with van der Waals surface area (Å²) < 4.78 is 11.5. The molecule has 0 spiro atoms. The minimum absolute atomic E-state index is 0.178. The minimum atomic E-state index is -0.250. The SMILES string of the molecule is CCCCCCCCCCCCOc1ccc(-c2ccccc2-c2ccc(C(C)OC(=O)CC)cc2)cc1. The fraction of sp³-hybridized carbons (Fsp3) is 0.457. The van der Waals surface area contributed by atoms with Crippen molar-refractivity contribution in [3.8, 4) is 28.0 Å². The van der Waals surface area contributed by atoms with Crippen LogP contribution in [0.4, 0.5) is 0 Å². The summed E-state index contributed by atoms with van der Waals surface area (Å²) in [5, 5.41) is 0. The lowest BCUT2D eigenvalue weighted by Gasteiger charge is -2.15. The summed E-state index contributed by atoms with van der Waals surface area (Å²) in [6, 6.07) is 25.2. The molecule has 0 amide bonds. The molecule has 204 valence electrons. The fourth-order valence-electron chi connectivity index (χ4n) is 4.78. The minimum Gasteiger partial charge on any atom is -0.494 e. The van der Waals surface area contributed by atoms with Crippen molar-refractivity contribution in [1.82, 2.24) is 0 Å². The molecule has 0 saturated carbocycles. The molecule has 0 aliphatic rings. The summed E-state index contributed by atoms with van der Waals surface area (Å²) in [7, 11) is 0. The molecule has 3 rings (SSSR count). The van der Waals surface area contributed by atoms with Gasteiger partial charge in [0, 0.05) is 6.42 Å². The van der Waals surface area contributed by atoms with E-state index in [0.717, 1.165) is 29.9 Å². The first-order valence-corrected chi connectivity index (χ1v) is 14.7. The van der Waals surface area contributed by atoms with Crippen LogP contribution in [0.2, 0.25) is 0 Å². The first-order chi connectivity index (χ1) is 18.6. The number of unbranched alkanes of at least 4 members (excludes halogenated alkanes) is 9. The van der Waals surface area contributed by atoms with Gasteiger partial charge in [-0.15, -0.1) is 0 Å². The molecule has 0 bridgehead atoms. The molecule has 1 unspecified atom stereocenters. The van der Waals surface area contributed by atoms with E-state index in [1.54, 1.807) is 0 Å². The van der Waals surface area contributed by atoms with Gasteiger partial charge in [0.2, 0.25) is 0 Å². The number of carbonyl (C=O) groups excluding carboxylic acids is 1. The summed E-state index contributed by atoms with van der Waals surface area (Å²) in [5.41, 5.74) is 5.67. The molecule has 0 saturated heterocycles. The van der Waals surface area contributed by atoms with E-state index in [0.29, 0.717) is 6.42 Å². The molecule has 1 atom stereocenters. The van der Waals surface area contributed by atoms with Crippen molar-refractivity contribution in [2.45, 2.75) is 97.5 Å². The molecule has 3 aromatic rings. The molecule has 0 aromatic heterocycles. The maximum absolute atomic E-state index is 11.6. The molecule has 0 fully saturated rings. The second-order valence-electron chi connectivity index (χ2n) is 10.2. The molecule has 0 radical (unpaired) electrons. The van der Waals surface area contributed by atoms with Gasteiger partial charge in [-0.25, -0.2) is 0 Å². The molecule has 0 N–H and O–H groups in total. The Hall–Kier alpha value is -3.07. The van der Waals surface area contributed by atoms with Gasteiger partial charge in [0.1, 0.15) is 11.9 Å². The van der Waals surface area contributed by atoms with Gasteiger partial charge < -0.3 is 9.47 Å². The number of ether oxygens (including phenoxy) is 2. The van der Waals surface area contributed by atoms with Gasteiger partial charge >= 0.3 is 5.97 Å². The summed E-state index contributed by atoms with van der Waals surface area (Å²) in [4.78, 5) is 11.6. The highest BCUT2D eigenvalue weighted by atomic mass is 16.5. The molecule has 3 heteroatoms. The number of benzene rings is 3. The van der Waals surface area contributed by atoms with Gasteiger partial charge in [-0.3, -0.25) is 4.79 Å². The van der Waals surface area contributed by atoms with E-state index in [1.807, 2.05) is 26.0 Å². The van der Waals surface area contributed by atoms with Gasteiger partial charge in [0.25, 0.3) is 0 Å². The van der Waals surface area contributed by atoms with E-state index >= 15 is 0 Å². The van der Waals surface area contributed by atoms with Gasteiger partial charge in [-0.05, 0) is 53.3 Å². The average molecular weight is 515 g/mol. The van der Waals surface area contributed by atoms with Crippen LogP contribution in [-0.4, -0.2) is 12.6 Å². The summed E-state index contributed by atoms with van der Waals surface area (Å²) >= 11 is 0. The van der Waals surface area contributed by atoms with Crippen molar-refractivity contribution in [2.24, 2.45) is 0 Å². The van der Waals surface area contributed by atoms with Crippen molar-refractivity contribution in [3.05, 3.63) is 78.4 Å². The molecular weight excluding hydrogens is 468 g/mol.